The van der Waals surface area contributed by atoms with Gasteiger partial charge in [0, 0.05) is 16.8 Å². The van der Waals surface area contributed by atoms with Gasteiger partial charge in [0.05, 0.1) is 6.10 Å². The van der Waals surface area contributed by atoms with Gasteiger partial charge in [0.1, 0.15) is 11.6 Å². The molecule has 0 aliphatic heterocycles. The minimum atomic E-state index is -0.201. The van der Waals surface area contributed by atoms with Gasteiger partial charge in [0.2, 0.25) is 0 Å². The summed E-state index contributed by atoms with van der Waals surface area (Å²) in [6.45, 7) is 7.12. The fourth-order valence-corrected chi connectivity index (χ4v) is 4.11. The summed E-state index contributed by atoms with van der Waals surface area (Å²) in [7, 11) is 0. The molecular formula is C24H28FNOS. The van der Waals surface area contributed by atoms with Crippen molar-refractivity contribution in [3.05, 3.63) is 87.9 Å². The lowest BCUT2D eigenvalue weighted by molar-refractivity contribution is 0.242. The van der Waals surface area contributed by atoms with E-state index >= 15 is 0 Å². The number of benzene rings is 2. The lowest BCUT2D eigenvalue weighted by atomic mass is 9.88. The highest BCUT2D eigenvalue weighted by molar-refractivity contribution is 7.10. The number of nitrogens with one attached hydrogen (secondary N) is 1. The average Bonchev–Trinajstić information content (AvgIpc) is 3.21. The van der Waals surface area contributed by atoms with Crippen molar-refractivity contribution >= 4 is 11.3 Å². The first kappa shape index (κ1) is 20.6. The van der Waals surface area contributed by atoms with Gasteiger partial charge in [-0.25, -0.2) is 4.39 Å². The molecule has 1 N–H and O–H groups in total. The van der Waals surface area contributed by atoms with Gasteiger partial charge in [0.15, 0.2) is 0 Å². The summed E-state index contributed by atoms with van der Waals surface area (Å²) < 4.78 is 19.2. The van der Waals surface area contributed by atoms with E-state index in [0.29, 0.717) is 6.04 Å². The second-order valence-corrected chi connectivity index (χ2v) is 8.30. The number of halogens is 1. The van der Waals surface area contributed by atoms with Gasteiger partial charge in [-0.2, -0.15) is 0 Å². The number of rotatable bonds is 9. The number of ether oxygens (including phenoxy) is 1. The van der Waals surface area contributed by atoms with E-state index in [1.54, 1.807) is 23.5 Å². The Labute approximate surface area is 171 Å². The van der Waals surface area contributed by atoms with Crippen molar-refractivity contribution in [1.29, 1.82) is 0 Å². The first-order valence-corrected chi connectivity index (χ1v) is 10.7. The molecule has 0 fully saturated rings. The van der Waals surface area contributed by atoms with E-state index in [1.165, 1.54) is 10.4 Å². The minimum Gasteiger partial charge on any atom is -0.491 e. The van der Waals surface area contributed by atoms with Crippen molar-refractivity contribution in [2.75, 3.05) is 6.54 Å². The Morgan fingerprint density at radius 2 is 1.57 bits per heavy atom. The van der Waals surface area contributed by atoms with E-state index < -0.39 is 0 Å². The zero-order valence-corrected chi connectivity index (χ0v) is 17.5. The van der Waals surface area contributed by atoms with Gasteiger partial charge in [0.25, 0.3) is 0 Å². The Morgan fingerprint density at radius 1 is 0.929 bits per heavy atom. The van der Waals surface area contributed by atoms with Gasteiger partial charge in [-0.15, -0.1) is 11.3 Å². The highest BCUT2D eigenvalue weighted by atomic mass is 32.1. The molecule has 4 heteroatoms. The quantitative estimate of drug-likeness (QED) is 0.442. The Balaban J connectivity index is 1.72. The van der Waals surface area contributed by atoms with E-state index in [-0.39, 0.29) is 17.8 Å². The number of hydrogen-bond acceptors (Lipinski definition) is 3. The molecular weight excluding hydrogens is 369 g/mol. The van der Waals surface area contributed by atoms with Crippen LogP contribution in [-0.2, 0) is 0 Å². The van der Waals surface area contributed by atoms with Crippen molar-refractivity contribution in [3.8, 4) is 5.75 Å². The van der Waals surface area contributed by atoms with Crippen molar-refractivity contribution < 1.29 is 9.13 Å². The molecule has 2 aromatic carbocycles. The number of hydrogen-bond donors (Lipinski definition) is 1. The van der Waals surface area contributed by atoms with Crippen LogP contribution in [0.1, 0.15) is 55.2 Å². The van der Waals surface area contributed by atoms with E-state index in [0.717, 1.165) is 24.3 Å². The monoisotopic (exact) mass is 397 g/mol. The first-order chi connectivity index (χ1) is 13.5. The molecule has 0 bridgehead atoms. The van der Waals surface area contributed by atoms with Crippen LogP contribution in [0.4, 0.5) is 4.39 Å². The van der Waals surface area contributed by atoms with Crippen LogP contribution >= 0.6 is 11.3 Å². The zero-order valence-electron chi connectivity index (χ0n) is 16.7. The second kappa shape index (κ2) is 9.85. The Kier molecular flexibility index (Phi) is 7.24. The van der Waals surface area contributed by atoms with Gasteiger partial charge in [-0.3, -0.25) is 0 Å². The topological polar surface area (TPSA) is 21.3 Å². The van der Waals surface area contributed by atoms with Crippen LogP contribution in [0.5, 0.6) is 5.75 Å². The lowest BCUT2D eigenvalue weighted by Gasteiger charge is -2.21. The van der Waals surface area contributed by atoms with Gasteiger partial charge >= 0.3 is 0 Å². The maximum Gasteiger partial charge on any atom is 0.123 e. The summed E-state index contributed by atoms with van der Waals surface area (Å²) in [4.78, 5) is 1.34. The SMILES string of the molecule is CC(C)Oc1ccc([C@@H](CCN[C@@H](C)c2cccs2)c2ccc(F)cc2)cc1. The molecule has 1 aromatic heterocycles. The van der Waals surface area contributed by atoms with Crippen LogP contribution < -0.4 is 10.1 Å². The molecule has 28 heavy (non-hydrogen) atoms. The molecule has 0 spiro atoms. The molecule has 3 aromatic rings. The third kappa shape index (κ3) is 5.66. The Morgan fingerprint density at radius 3 is 2.14 bits per heavy atom. The number of thiophene rings is 1. The van der Waals surface area contributed by atoms with E-state index in [2.05, 4.69) is 41.9 Å². The Bertz CT molecular complexity index is 828. The van der Waals surface area contributed by atoms with Crippen molar-refractivity contribution in [1.82, 2.24) is 5.32 Å². The van der Waals surface area contributed by atoms with E-state index in [4.69, 9.17) is 4.74 Å². The predicted octanol–water partition coefficient (Wildman–Crippen LogP) is 6.55. The van der Waals surface area contributed by atoms with E-state index in [9.17, 15) is 4.39 Å². The largest absolute Gasteiger partial charge is 0.491 e. The fraction of sp³-hybridized carbons (Fsp3) is 0.333. The fourth-order valence-electron chi connectivity index (χ4n) is 3.35. The second-order valence-electron chi connectivity index (χ2n) is 7.32. The van der Waals surface area contributed by atoms with Crippen LogP contribution in [-0.4, -0.2) is 12.6 Å². The molecule has 0 unspecified atom stereocenters. The zero-order chi connectivity index (χ0) is 19.9. The van der Waals surface area contributed by atoms with Crippen LogP contribution in [0.3, 0.4) is 0 Å². The summed E-state index contributed by atoms with van der Waals surface area (Å²) in [5, 5.41) is 5.72. The summed E-state index contributed by atoms with van der Waals surface area (Å²) in [6, 6.07) is 19.7. The highest BCUT2D eigenvalue weighted by Gasteiger charge is 2.16. The lowest BCUT2D eigenvalue weighted by Crippen LogP contribution is -2.21. The average molecular weight is 398 g/mol. The smallest absolute Gasteiger partial charge is 0.123 e. The van der Waals surface area contributed by atoms with Crippen molar-refractivity contribution in [2.24, 2.45) is 0 Å². The summed E-state index contributed by atoms with van der Waals surface area (Å²) in [5.41, 5.74) is 2.35. The van der Waals surface area contributed by atoms with Crippen LogP contribution in [0.15, 0.2) is 66.0 Å². The molecule has 2 atom stereocenters. The first-order valence-electron chi connectivity index (χ1n) is 9.82. The molecule has 0 aliphatic rings. The molecule has 3 rings (SSSR count). The molecule has 1 heterocycles. The van der Waals surface area contributed by atoms with Crippen LogP contribution in [0.2, 0.25) is 0 Å². The normalized spacial score (nSPS) is 13.5. The molecule has 0 saturated carbocycles. The molecule has 0 aliphatic carbocycles. The molecule has 148 valence electrons. The van der Waals surface area contributed by atoms with E-state index in [1.807, 2.05) is 38.1 Å². The molecule has 0 amide bonds. The third-order valence-corrected chi connectivity index (χ3v) is 5.84. The maximum atomic E-state index is 13.4. The maximum absolute atomic E-state index is 13.4. The standard InChI is InChI=1S/C24H28FNOS/c1-17(2)27-22-12-8-20(9-13-22)23(19-6-10-21(25)11-7-19)14-15-26-18(3)24-5-4-16-28-24/h4-13,16-18,23,26H,14-15H2,1-3H3/t18-,23-/m0/s1. The summed E-state index contributed by atoms with van der Waals surface area (Å²) in [5.74, 6) is 0.880. The van der Waals surface area contributed by atoms with Crippen molar-refractivity contribution in [2.45, 2.75) is 45.3 Å². The molecule has 0 saturated heterocycles. The van der Waals surface area contributed by atoms with Crippen LogP contribution in [0, 0.1) is 5.82 Å². The van der Waals surface area contributed by atoms with Gasteiger partial charge in [-0.1, -0.05) is 30.3 Å². The van der Waals surface area contributed by atoms with Gasteiger partial charge < -0.3 is 10.1 Å². The molecule has 2 nitrogen and oxygen atoms in total. The summed E-state index contributed by atoms with van der Waals surface area (Å²) >= 11 is 1.77. The van der Waals surface area contributed by atoms with Crippen LogP contribution in [0.25, 0.3) is 0 Å². The van der Waals surface area contributed by atoms with Gasteiger partial charge in [-0.05, 0) is 80.6 Å². The predicted molar refractivity (Wildman–Crippen MR) is 116 cm³/mol. The highest BCUT2D eigenvalue weighted by Crippen LogP contribution is 2.30. The Hall–Kier alpha value is -2.17. The minimum absolute atomic E-state index is 0.154. The third-order valence-electron chi connectivity index (χ3n) is 4.78. The van der Waals surface area contributed by atoms with Crippen molar-refractivity contribution in [3.63, 3.8) is 0 Å². The molecule has 0 radical (unpaired) electrons. The summed E-state index contributed by atoms with van der Waals surface area (Å²) in [6.07, 6.45) is 1.09.